The Bertz CT molecular complexity index is 1030. The number of ether oxygens (including phenoxy) is 1. The van der Waals surface area contributed by atoms with Crippen molar-refractivity contribution in [3.63, 3.8) is 0 Å². The summed E-state index contributed by atoms with van der Waals surface area (Å²) in [5.74, 6) is 0. The average Bonchev–Trinajstić information content (AvgIpc) is 2.74. The zero-order valence-corrected chi connectivity index (χ0v) is 19.3. The molecule has 32 heavy (non-hydrogen) atoms. The average molecular weight is 482 g/mol. The number of urea groups is 1. The first-order valence-electron chi connectivity index (χ1n) is 10.4. The van der Waals surface area contributed by atoms with Crippen LogP contribution in [0.2, 0.25) is 5.02 Å². The zero-order chi connectivity index (χ0) is 23.1. The standard InChI is InChI=1S/C22H28ClN3O5S/c1-15-5-2-3-8-21(15)32(29,30)24-12-11-18-9-10-19(20(14-27)31-18)26-22(28)25-17-7-4-6-16(23)13-17/h2-8,13,18-20,24,27H,9-12,14H2,1H3,(H2,25,26,28)/t18-,19-,20-/m1/s1. The van der Waals surface area contributed by atoms with Gasteiger partial charge in [0.2, 0.25) is 10.0 Å². The van der Waals surface area contributed by atoms with Crippen LogP contribution in [0.25, 0.3) is 0 Å². The lowest BCUT2D eigenvalue weighted by Gasteiger charge is -2.36. The van der Waals surface area contributed by atoms with Gasteiger partial charge in [-0.3, -0.25) is 0 Å². The maximum atomic E-state index is 12.5. The number of hydrogen-bond acceptors (Lipinski definition) is 5. The number of carbonyl (C=O) groups excluding carboxylic acids is 1. The lowest BCUT2D eigenvalue weighted by molar-refractivity contribution is -0.0884. The first-order chi connectivity index (χ1) is 15.3. The van der Waals surface area contributed by atoms with Crippen LogP contribution in [0.1, 0.15) is 24.8 Å². The summed E-state index contributed by atoms with van der Waals surface area (Å²) >= 11 is 5.93. The van der Waals surface area contributed by atoms with Crippen molar-refractivity contribution in [2.75, 3.05) is 18.5 Å². The van der Waals surface area contributed by atoms with E-state index in [0.717, 1.165) is 0 Å². The highest BCUT2D eigenvalue weighted by molar-refractivity contribution is 7.89. The van der Waals surface area contributed by atoms with Crippen LogP contribution >= 0.6 is 11.6 Å². The molecule has 0 radical (unpaired) electrons. The summed E-state index contributed by atoms with van der Waals surface area (Å²) in [4.78, 5) is 12.6. The minimum absolute atomic E-state index is 0.215. The van der Waals surface area contributed by atoms with E-state index >= 15 is 0 Å². The molecule has 0 unspecified atom stereocenters. The molecule has 0 spiro atoms. The third-order valence-corrected chi connectivity index (χ3v) is 7.19. The summed E-state index contributed by atoms with van der Waals surface area (Å²) in [6, 6.07) is 12.8. The van der Waals surface area contributed by atoms with Gasteiger partial charge in [-0.15, -0.1) is 0 Å². The second kappa shape index (κ2) is 11.1. The predicted octanol–water partition coefficient (Wildman–Crippen LogP) is 3.05. The van der Waals surface area contributed by atoms with Crippen molar-refractivity contribution < 1.29 is 23.1 Å². The van der Waals surface area contributed by atoms with E-state index in [4.69, 9.17) is 16.3 Å². The number of carbonyl (C=O) groups is 1. The van der Waals surface area contributed by atoms with E-state index in [1.165, 1.54) is 0 Å². The quantitative estimate of drug-likeness (QED) is 0.462. The highest BCUT2D eigenvalue weighted by atomic mass is 35.5. The van der Waals surface area contributed by atoms with Crippen LogP contribution in [0.15, 0.2) is 53.4 Å². The fourth-order valence-corrected chi connectivity index (χ4v) is 5.18. The van der Waals surface area contributed by atoms with Gasteiger partial charge in [-0.25, -0.2) is 17.9 Å². The van der Waals surface area contributed by atoms with E-state index < -0.39 is 22.2 Å². The van der Waals surface area contributed by atoms with Crippen LogP contribution in [-0.4, -0.2) is 51.0 Å². The van der Waals surface area contributed by atoms with Crippen LogP contribution in [0.5, 0.6) is 0 Å². The number of amides is 2. The van der Waals surface area contributed by atoms with Gasteiger partial charge in [0.1, 0.15) is 6.10 Å². The van der Waals surface area contributed by atoms with Crippen LogP contribution in [0, 0.1) is 6.92 Å². The third-order valence-electron chi connectivity index (χ3n) is 5.34. The van der Waals surface area contributed by atoms with Crippen molar-refractivity contribution in [2.45, 2.75) is 49.3 Å². The number of aliphatic hydroxyl groups is 1. The molecule has 0 bridgehead atoms. The first kappa shape index (κ1) is 24.5. The highest BCUT2D eigenvalue weighted by Gasteiger charge is 2.32. The Morgan fingerprint density at radius 3 is 2.69 bits per heavy atom. The van der Waals surface area contributed by atoms with Crippen molar-refractivity contribution in [3.05, 3.63) is 59.1 Å². The summed E-state index contributed by atoms with van der Waals surface area (Å²) in [6.45, 7) is 1.71. The number of anilines is 1. The molecule has 2 aromatic rings. The Morgan fingerprint density at radius 2 is 1.97 bits per heavy atom. The number of aliphatic hydroxyl groups excluding tert-OH is 1. The normalized spacial score (nSPS) is 21.2. The van der Waals surface area contributed by atoms with Crippen LogP contribution < -0.4 is 15.4 Å². The second-order valence-electron chi connectivity index (χ2n) is 7.72. The number of nitrogens with one attached hydrogen (secondary N) is 3. The Hall–Kier alpha value is -2.17. The highest BCUT2D eigenvalue weighted by Crippen LogP contribution is 2.23. The molecule has 1 saturated heterocycles. The monoisotopic (exact) mass is 481 g/mol. The van der Waals surface area contributed by atoms with Gasteiger partial charge in [0.05, 0.1) is 23.6 Å². The fraction of sp³-hybridized carbons (Fsp3) is 0.409. The molecule has 2 amide bonds. The Morgan fingerprint density at radius 1 is 1.19 bits per heavy atom. The van der Waals surface area contributed by atoms with Gasteiger partial charge in [0.25, 0.3) is 0 Å². The lowest BCUT2D eigenvalue weighted by Crippen LogP contribution is -2.52. The molecule has 0 saturated carbocycles. The van der Waals surface area contributed by atoms with Crippen molar-refractivity contribution in [1.82, 2.24) is 10.0 Å². The number of rotatable bonds is 8. The summed E-state index contributed by atoms with van der Waals surface area (Å²) in [5, 5.41) is 15.8. The molecule has 0 aliphatic carbocycles. The van der Waals surface area contributed by atoms with Crippen LogP contribution in [-0.2, 0) is 14.8 Å². The van der Waals surface area contributed by atoms with Crippen molar-refractivity contribution in [3.8, 4) is 0 Å². The van der Waals surface area contributed by atoms with Gasteiger partial charge in [0.15, 0.2) is 0 Å². The third kappa shape index (κ3) is 6.66. The molecule has 3 rings (SSSR count). The van der Waals surface area contributed by atoms with Gasteiger partial charge in [0, 0.05) is 17.3 Å². The fourth-order valence-electron chi connectivity index (χ4n) is 3.70. The molecule has 1 heterocycles. The van der Waals surface area contributed by atoms with Crippen LogP contribution in [0.4, 0.5) is 10.5 Å². The summed E-state index contributed by atoms with van der Waals surface area (Å²) in [5.41, 5.74) is 1.24. The van der Waals surface area contributed by atoms with E-state index in [2.05, 4.69) is 15.4 Å². The van der Waals surface area contributed by atoms with E-state index in [9.17, 15) is 18.3 Å². The topological polar surface area (TPSA) is 117 Å². The van der Waals surface area contributed by atoms with Gasteiger partial charge >= 0.3 is 6.03 Å². The van der Waals surface area contributed by atoms with Gasteiger partial charge in [-0.2, -0.15) is 0 Å². The summed E-state index contributed by atoms with van der Waals surface area (Å²) in [6.07, 6.45) is 0.893. The van der Waals surface area contributed by atoms with Crippen molar-refractivity contribution in [2.24, 2.45) is 0 Å². The SMILES string of the molecule is Cc1ccccc1S(=O)(=O)NCC[C@H]1CC[C@@H](NC(=O)Nc2cccc(Cl)c2)[C@@H](CO)O1. The molecule has 3 atom stereocenters. The molecule has 1 aliphatic rings. The van der Waals surface area contributed by atoms with Gasteiger partial charge in [-0.05, 0) is 56.0 Å². The smallest absolute Gasteiger partial charge is 0.319 e. The second-order valence-corrected chi connectivity index (χ2v) is 9.90. The first-order valence-corrected chi connectivity index (χ1v) is 12.3. The summed E-state index contributed by atoms with van der Waals surface area (Å²) in [7, 11) is -3.60. The van der Waals surface area contributed by atoms with Gasteiger partial charge < -0.3 is 20.5 Å². The molecular weight excluding hydrogens is 454 g/mol. The van der Waals surface area contributed by atoms with Crippen LogP contribution in [0.3, 0.4) is 0 Å². The molecular formula is C22H28ClN3O5S. The Kier molecular flexibility index (Phi) is 8.50. The zero-order valence-electron chi connectivity index (χ0n) is 17.8. The Labute approximate surface area is 193 Å². The molecule has 174 valence electrons. The molecule has 1 fully saturated rings. The van der Waals surface area contributed by atoms with E-state index in [-0.39, 0.29) is 30.2 Å². The number of benzene rings is 2. The molecule has 4 N–H and O–H groups in total. The minimum Gasteiger partial charge on any atom is -0.394 e. The Balaban J connectivity index is 1.47. The molecule has 8 nitrogen and oxygen atoms in total. The largest absolute Gasteiger partial charge is 0.394 e. The maximum absolute atomic E-state index is 12.5. The number of halogens is 1. The lowest BCUT2D eigenvalue weighted by atomic mass is 9.97. The number of sulfonamides is 1. The van der Waals surface area contributed by atoms with E-state index in [1.54, 1.807) is 55.5 Å². The molecule has 10 heteroatoms. The molecule has 2 aromatic carbocycles. The number of hydrogen-bond donors (Lipinski definition) is 4. The van der Waals surface area contributed by atoms with Gasteiger partial charge in [-0.1, -0.05) is 35.9 Å². The van der Waals surface area contributed by atoms with E-state index in [1.807, 2.05) is 0 Å². The predicted molar refractivity (Wildman–Crippen MR) is 123 cm³/mol. The number of aryl methyl sites for hydroxylation is 1. The summed E-state index contributed by atoms with van der Waals surface area (Å²) < 4.78 is 33.5. The molecule has 1 aliphatic heterocycles. The van der Waals surface area contributed by atoms with E-state index in [0.29, 0.717) is 35.5 Å². The van der Waals surface area contributed by atoms with Crippen molar-refractivity contribution in [1.29, 1.82) is 0 Å². The minimum atomic E-state index is -3.60. The molecule has 0 aromatic heterocycles. The van der Waals surface area contributed by atoms with Crippen molar-refractivity contribution >= 4 is 33.3 Å². The maximum Gasteiger partial charge on any atom is 0.319 e.